The molecule has 7 nitrogen and oxygen atoms in total. The minimum absolute atomic E-state index is 0.0564. The Labute approximate surface area is 168 Å². The summed E-state index contributed by atoms with van der Waals surface area (Å²) in [6.07, 6.45) is 1.78. The van der Waals surface area contributed by atoms with Crippen molar-refractivity contribution in [3.8, 4) is 11.5 Å². The smallest absolute Gasteiger partial charge is 0.303 e. The second kappa shape index (κ2) is 9.73. The summed E-state index contributed by atoms with van der Waals surface area (Å²) >= 11 is 0. The topological polar surface area (TPSA) is 93.1 Å². The van der Waals surface area contributed by atoms with E-state index in [1.54, 1.807) is 36.4 Å². The summed E-state index contributed by atoms with van der Waals surface area (Å²) in [6, 6.07) is 14.1. The third-order valence-corrected chi connectivity index (χ3v) is 4.55. The molecular weight excluding hydrogens is 374 g/mol. The summed E-state index contributed by atoms with van der Waals surface area (Å²) in [6.45, 7) is 1.06. The van der Waals surface area contributed by atoms with E-state index < -0.39 is 5.97 Å². The highest BCUT2D eigenvalue weighted by atomic mass is 16.5. The zero-order valence-corrected chi connectivity index (χ0v) is 16.0. The van der Waals surface area contributed by atoms with Crippen molar-refractivity contribution < 1.29 is 29.0 Å². The third kappa shape index (κ3) is 5.13. The number of para-hydroxylation sites is 2. The molecule has 2 aromatic rings. The fourth-order valence-electron chi connectivity index (χ4n) is 3.09. The van der Waals surface area contributed by atoms with Crippen molar-refractivity contribution in [2.75, 3.05) is 19.8 Å². The number of aliphatic carboxylic acids is 1. The maximum atomic E-state index is 12.3. The molecule has 1 aliphatic heterocycles. The summed E-state index contributed by atoms with van der Waals surface area (Å²) < 4.78 is 11.4. The lowest BCUT2D eigenvalue weighted by Crippen LogP contribution is -2.30. The predicted octanol–water partition coefficient (Wildman–Crippen LogP) is 3.39. The van der Waals surface area contributed by atoms with Gasteiger partial charge in [0.2, 0.25) is 0 Å². The lowest BCUT2D eigenvalue weighted by Gasteiger charge is -2.15. The first-order valence-electron chi connectivity index (χ1n) is 9.59. The number of carbonyl (C=O) groups is 3. The van der Waals surface area contributed by atoms with Crippen LogP contribution in [0.5, 0.6) is 11.5 Å². The van der Waals surface area contributed by atoms with Crippen LogP contribution >= 0.6 is 0 Å². The fraction of sp³-hybridized carbons (Fsp3) is 0.318. The van der Waals surface area contributed by atoms with Crippen LogP contribution in [0.25, 0.3) is 0 Å². The molecule has 0 aromatic heterocycles. The summed E-state index contributed by atoms with van der Waals surface area (Å²) in [5.74, 6) is -0.184. The van der Waals surface area contributed by atoms with Gasteiger partial charge in [0.25, 0.3) is 11.8 Å². The molecular formula is C22H23NO6. The van der Waals surface area contributed by atoms with Gasteiger partial charge in [-0.1, -0.05) is 24.3 Å². The molecule has 0 saturated heterocycles. The zero-order chi connectivity index (χ0) is 20.6. The SMILES string of the molecule is O=C(O)CCCOc1ccccc1OCCCCN1C(=O)c2ccccc2C1=O. The minimum Gasteiger partial charge on any atom is -0.490 e. The molecule has 0 aliphatic carbocycles. The lowest BCUT2D eigenvalue weighted by atomic mass is 10.1. The van der Waals surface area contributed by atoms with Crippen LogP contribution in [0.15, 0.2) is 48.5 Å². The van der Waals surface area contributed by atoms with Crippen LogP contribution in [0.3, 0.4) is 0 Å². The number of hydrogen-bond acceptors (Lipinski definition) is 5. The van der Waals surface area contributed by atoms with E-state index in [4.69, 9.17) is 14.6 Å². The Hall–Kier alpha value is -3.35. The molecule has 0 atom stereocenters. The second-order valence-electron chi connectivity index (χ2n) is 6.66. The number of benzene rings is 2. The van der Waals surface area contributed by atoms with Gasteiger partial charge < -0.3 is 14.6 Å². The molecule has 0 saturated carbocycles. The van der Waals surface area contributed by atoms with E-state index in [-0.39, 0.29) is 18.2 Å². The van der Waals surface area contributed by atoms with Crippen molar-refractivity contribution in [3.05, 3.63) is 59.7 Å². The standard InChI is InChI=1S/C22H23NO6/c24-20(25)12-7-15-29-19-11-4-3-10-18(19)28-14-6-5-13-23-21(26)16-8-1-2-9-17(16)22(23)27/h1-4,8-11H,5-7,12-15H2,(H,24,25). The van der Waals surface area contributed by atoms with Crippen molar-refractivity contribution in [1.82, 2.24) is 4.90 Å². The molecule has 2 amide bonds. The zero-order valence-electron chi connectivity index (χ0n) is 16.0. The van der Waals surface area contributed by atoms with Gasteiger partial charge in [0.15, 0.2) is 11.5 Å². The van der Waals surface area contributed by atoms with Crippen molar-refractivity contribution in [3.63, 3.8) is 0 Å². The second-order valence-corrected chi connectivity index (χ2v) is 6.66. The Morgan fingerprint density at radius 2 is 1.31 bits per heavy atom. The number of carboxylic acids is 1. The molecule has 2 aromatic carbocycles. The number of unbranched alkanes of at least 4 members (excludes halogenated alkanes) is 1. The van der Waals surface area contributed by atoms with E-state index >= 15 is 0 Å². The molecule has 7 heteroatoms. The molecule has 0 bridgehead atoms. The largest absolute Gasteiger partial charge is 0.490 e. The Bertz CT molecular complexity index is 859. The summed E-state index contributed by atoms with van der Waals surface area (Å²) in [4.78, 5) is 36.5. The highest BCUT2D eigenvalue weighted by Gasteiger charge is 2.34. The normalized spacial score (nSPS) is 12.8. The van der Waals surface area contributed by atoms with Crippen LogP contribution in [0.1, 0.15) is 46.4 Å². The van der Waals surface area contributed by atoms with Gasteiger partial charge in [0, 0.05) is 13.0 Å². The summed E-state index contributed by atoms with van der Waals surface area (Å²) in [7, 11) is 0. The van der Waals surface area contributed by atoms with E-state index in [1.807, 2.05) is 12.1 Å². The van der Waals surface area contributed by atoms with Gasteiger partial charge in [-0.3, -0.25) is 19.3 Å². The fourth-order valence-corrected chi connectivity index (χ4v) is 3.09. The van der Waals surface area contributed by atoms with E-state index in [0.717, 1.165) is 0 Å². The Kier molecular flexibility index (Phi) is 6.84. The number of carbonyl (C=O) groups excluding carboxylic acids is 2. The summed E-state index contributed by atoms with van der Waals surface area (Å²) in [5.41, 5.74) is 0.922. The van der Waals surface area contributed by atoms with Crippen LogP contribution in [-0.4, -0.2) is 47.5 Å². The minimum atomic E-state index is -0.851. The van der Waals surface area contributed by atoms with E-state index in [1.165, 1.54) is 4.90 Å². The molecule has 0 fully saturated rings. The van der Waals surface area contributed by atoms with Gasteiger partial charge in [-0.2, -0.15) is 0 Å². The molecule has 3 rings (SSSR count). The highest BCUT2D eigenvalue weighted by molar-refractivity contribution is 6.21. The maximum absolute atomic E-state index is 12.3. The average molecular weight is 397 g/mol. The third-order valence-electron chi connectivity index (χ3n) is 4.55. The number of nitrogens with zero attached hydrogens (tertiary/aromatic N) is 1. The highest BCUT2D eigenvalue weighted by Crippen LogP contribution is 2.27. The molecule has 0 spiro atoms. The first-order chi connectivity index (χ1) is 14.1. The van der Waals surface area contributed by atoms with Crippen molar-refractivity contribution in [2.24, 2.45) is 0 Å². The lowest BCUT2D eigenvalue weighted by molar-refractivity contribution is -0.137. The van der Waals surface area contributed by atoms with Crippen LogP contribution < -0.4 is 9.47 Å². The predicted molar refractivity (Wildman–Crippen MR) is 105 cm³/mol. The summed E-state index contributed by atoms with van der Waals surface area (Å²) in [5, 5.41) is 8.67. The first kappa shape index (κ1) is 20.4. The van der Waals surface area contributed by atoms with Gasteiger partial charge in [-0.15, -0.1) is 0 Å². The van der Waals surface area contributed by atoms with Crippen molar-refractivity contribution in [2.45, 2.75) is 25.7 Å². The molecule has 29 heavy (non-hydrogen) atoms. The van der Waals surface area contributed by atoms with Gasteiger partial charge >= 0.3 is 5.97 Å². The number of imide groups is 1. The Balaban J connectivity index is 1.42. The molecule has 1 N–H and O–H groups in total. The quantitative estimate of drug-likeness (QED) is 0.461. The van der Waals surface area contributed by atoms with Crippen LogP contribution in [0.2, 0.25) is 0 Å². The number of ether oxygens (including phenoxy) is 2. The van der Waals surface area contributed by atoms with Gasteiger partial charge in [-0.05, 0) is 43.5 Å². The van der Waals surface area contributed by atoms with E-state index in [0.29, 0.717) is 61.6 Å². The number of rotatable bonds is 11. The molecule has 0 radical (unpaired) electrons. The Morgan fingerprint density at radius 1 is 0.793 bits per heavy atom. The van der Waals surface area contributed by atoms with Crippen LogP contribution in [-0.2, 0) is 4.79 Å². The van der Waals surface area contributed by atoms with Gasteiger partial charge in [0.1, 0.15) is 0 Å². The van der Waals surface area contributed by atoms with Crippen LogP contribution in [0.4, 0.5) is 0 Å². The van der Waals surface area contributed by atoms with Crippen LogP contribution in [0, 0.1) is 0 Å². The van der Waals surface area contributed by atoms with Crippen molar-refractivity contribution >= 4 is 17.8 Å². The molecule has 1 heterocycles. The van der Waals surface area contributed by atoms with Gasteiger partial charge in [-0.25, -0.2) is 0 Å². The Morgan fingerprint density at radius 3 is 1.86 bits per heavy atom. The van der Waals surface area contributed by atoms with E-state index in [9.17, 15) is 14.4 Å². The molecule has 1 aliphatic rings. The first-order valence-corrected chi connectivity index (χ1v) is 9.59. The molecule has 0 unspecified atom stereocenters. The number of fused-ring (bicyclic) bond motifs is 1. The monoisotopic (exact) mass is 397 g/mol. The number of amides is 2. The number of hydrogen-bond donors (Lipinski definition) is 1. The molecule has 152 valence electrons. The van der Waals surface area contributed by atoms with Gasteiger partial charge in [0.05, 0.1) is 24.3 Å². The maximum Gasteiger partial charge on any atom is 0.303 e. The van der Waals surface area contributed by atoms with E-state index in [2.05, 4.69) is 0 Å². The van der Waals surface area contributed by atoms with Crippen molar-refractivity contribution in [1.29, 1.82) is 0 Å². The number of carboxylic acid groups (broad SMARTS) is 1. The average Bonchev–Trinajstić information content (AvgIpc) is 2.96.